The van der Waals surface area contributed by atoms with Crippen LogP contribution in [0.5, 0.6) is 0 Å². The molecule has 0 aliphatic carbocycles. The van der Waals surface area contributed by atoms with Crippen molar-refractivity contribution < 1.29 is 4.79 Å². The van der Waals surface area contributed by atoms with E-state index >= 15 is 0 Å². The van der Waals surface area contributed by atoms with E-state index in [1.165, 1.54) is 12.8 Å². The van der Waals surface area contributed by atoms with Gasteiger partial charge in [0.2, 0.25) is 5.91 Å². The molecule has 0 aromatic heterocycles. The van der Waals surface area contributed by atoms with Crippen LogP contribution in [0.1, 0.15) is 47.0 Å². The molecule has 0 bridgehead atoms. The summed E-state index contributed by atoms with van der Waals surface area (Å²) in [7, 11) is 0. The topological polar surface area (TPSA) is 32.3 Å². The summed E-state index contributed by atoms with van der Waals surface area (Å²) in [6, 6.07) is 0. The normalized spacial score (nSPS) is 21.9. The van der Waals surface area contributed by atoms with Gasteiger partial charge in [0.25, 0.3) is 0 Å². The van der Waals surface area contributed by atoms with E-state index in [0.717, 1.165) is 32.6 Å². The minimum atomic E-state index is 0.146. The lowest BCUT2D eigenvalue weighted by molar-refractivity contribution is -0.137. The van der Waals surface area contributed by atoms with Gasteiger partial charge in [-0.3, -0.25) is 4.79 Å². The second kappa shape index (κ2) is 7.78. The van der Waals surface area contributed by atoms with Crippen molar-refractivity contribution in [2.75, 3.05) is 26.2 Å². The fourth-order valence-electron chi connectivity index (χ4n) is 2.53. The molecule has 1 saturated heterocycles. The fourth-order valence-corrected chi connectivity index (χ4v) is 2.53. The predicted octanol–water partition coefficient (Wildman–Crippen LogP) is 2.52. The average molecular weight is 254 g/mol. The van der Waals surface area contributed by atoms with E-state index in [2.05, 4.69) is 37.9 Å². The number of amides is 1. The average Bonchev–Trinajstić information content (AvgIpc) is 2.37. The zero-order chi connectivity index (χ0) is 13.5. The molecule has 0 saturated carbocycles. The first-order valence-corrected chi connectivity index (χ1v) is 7.55. The van der Waals surface area contributed by atoms with Gasteiger partial charge in [0.1, 0.15) is 0 Å². The zero-order valence-corrected chi connectivity index (χ0v) is 12.5. The number of carbonyl (C=O) groups excluding carboxylic acids is 1. The van der Waals surface area contributed by atoms with Crippen LogP contribution in [0.25, 0.3) is 0 Å². The van der Waals surface area contributed by atoms with Crippen LogP contribution in [0.4, 0.5) is 0 Å². The molecule has 0 aromatic carbocycles. The highest BCUT2D eigenvalue weighted by Gasteiger charge is 2.25. The van der Waals surface area contributed by atoms with Gasteiger partial charge in [-0.15, -0.1) is 0 Å². The van der Waals surface area contributed by atoms with Crippen LogP contribution in [0.15, 0.2) is 0 Å². The first-order chi connectivity index (χ1) is 8.56. The highest BCUT2D eigenvalue weighted by Crippen LogP contribution is 2.17. The lowest BCUT2D eigenvalue weighted by Crippen LogP contribution is -2.44. The summed E-state index contributed by atoms with van der Waals surface area (Å²) < 4.78 is 0. The number of nitrogens with one attached hydrogen (secondary N) is 1. The van der Waals surface area contributed by atoms with Gasteiger partial charge >= 0.3 is 0 Å². The third-order valence-corrected chi connectivity index (χ3v) is 4.07. The first-order valence-electron chi connectivity index (χ1n) is 7.55. The Morgan fingerprint density at radius 1 is 1.39 bits per heavy atom. The number of hydrogen-bond acceptors (Lipinski definition) is 2. The Kier molecular flexibility index (Phi) is 6.69. The van der Waals surface area contributed by atoms with Crippen LogP contribution in [-0.4, -0.2) is 37.0 Å². The van der Waals surface area contributed by atoms with Gasteiger partial charge < -0.3 is 10.2 Å². The Morgan fingerprint density at radius 2 is 2.11 bits per heavy atom. The molecule has 1 N–H and O–H groups in total. The molecule has 3 nitrogen and oxygen atoms in total. The predicted molar refractivity (Wildman–Crippen MR) is 76.5 cm³/mol. The van der Waals surface area contributed by atoms with Crippen molar-refractivity contribution in [1.82, 2.24) is 10.2 Å². The lowest BCUT2D eigenvalue weighted by atomic mass is 9.94. The molecule has 0 radical (unpaired) electrons. The van der Waals surface area contributed by atoms with Crippen molar-refractivity contribution in [2.45, 2.75) is 47.0 Å². The molecule has 2 unspecified atom stereocenters. The van der Waals surface area contributed by atoms with Gasteiger partial charge in [0.05, 0.1) is 0 Å². The number of piperidine rings is 1. The smallest absolute Gasteiger partial charge is 0.225 e. The van der Waals surface area contributed by atoms with Crippen LogP contribution < -0.4 is 5.32 Å². The number of rotatable bonds is 6. The molecule has 0 aromatic rings. The first kappa shape index (κ1) is 15.5. The fraction of sp³-hybridized carbons (Fsp3) is 0.933. The molecule has 18 heavy (non-hydrogen) atoms. The van der Waals surface area contributed by atoms with E-state index in [9.17, 15) is 4.79 Å². The summed E-state index contributed by atoms with van der Waals surface area (Å²) >= 11 is 0. The maximum Gasteiger partial charge on any atom is 0.225 e. The minimum Gasteiger partial charge on any atom is -0.342 e. The Balaban J connectivity index is 2.54. The molecular formula is C15H30N2O. The van der Waals surface area contributed by atoms with E-state index in [1.807, 2.05) is 0 Å². The van der Waals surface area contributed by atoms with Gasteiger partial charge in [-0.25, -0.2) is 0 Å². The second-order valence-electron chi connectivity index (χ2n) is 6.03. The number of nitrogens with zero attached hydrogens (tertiary/aromatic N) is 1. The molecule has 106 valence electrons. The molecule has 1 amide bonds. The Morgan fingerprint density at radius 3 is 2.61 bits per heavy atom. The minimum absolute atomic E-state index is 0.146. The van der Waals surface area contributed by atoms with Gasteiger partial charge in [0, 0.05) is 19.0 Å². The number of hydrogen-bond donors (Lipinski definition) is 1. The van der Waals surface area contributed by atoms with Crippen LogP contribution in [0.3, 0.4) is 0 Å². The highest BCUT2D eigenvalue weighted by atomic mass is 16.2. The molecule has 1 aliphatic rings. The molecular weight excluding hydrogens is 224 g/mol. The quantitative estimate of drug-likeness (QED) is 0.790. The third kappa shape index (κ3) is 4.60. The Hall–Kier alpha value is -0.570. The van der Waals surface area contributed by atoms with Crippen LogP contribution in [0.2, 0.25) is 0 Å². The lowest BCUT2D eigenvalue weighted by Gasteiger charge is -2.32. The van der Waals surface area contributed by atoms with Crippen LogP contribution >= 0.6 is 0 Å². The number of carbonyl (C=O) groups is 1. The van der Waals surface area contributed by atoms with Crippen molar-refractivity contribution in [3.63, 3.8) is 0 Å². The summed E-state index contributed by atoms with van der Waals surface area (Å²) in [4.78, 5) is 14.6. The molecule has 1 rings (SSSR count). The molecule has 2 atom stereocenters. The van der Waals surface area contributed by atoms with Gasteiger partial charge in [0.15, 0.2) is 0 Å². The van der Waals surface area contributed by atoms with E-state index < -0.39 is 0 Å². The SMILES string of the molecule is CCCN(CC1CCCNC1)C(=O)C(C)C(C)C. The Bertz CT molecular complexity index is 247. The van der Waals surface area contributed by atoms with Crippen molar-refractivity contribution in [3.8, 4) is 0 Å². The molecule has 3 heteroatoms. The molecule has 0 spiro atoms. The van der Waals surface area contributed by atoms with Crippen molar-refractivity contribution in [3.05, 3.63) is 0 Å². The van der Waals surface area contributed by atoms with Crippen molar-refractivity contribution in [2.24, 2.45) is 17.8 Å². The molecule has 1 heterocycles. The monoisotopic (exact) mass is 254 g/mol. The summed E-state index contributed by atoms with van der Waals surface area (Å²) in [5.41, 5.74) is 0. The molecule has 1 fully saturated rings. The summed E-state index contributed by atoms with van der Waals surface area (Å²) in [5, 5.41) is 3.44. The van der Waals surface area contributed by atoms with Gasteiger partial charge in [-0.1, -0.05) is 27.7 Å². The summed E-state index contributed by atoms with van der Waals surface area (Å²) in [6.45, 7) is 12.5. The second-order valence-corrected chi connectivity index (χ2v) is 6.03. The van der Waals surface area contributed by atoms with Crippen LogP contribution in [-0.2, 0) is 4.79 Å². The Labute approximate surface area is 112 Å². The van der Waals surface area contributed by atoms with E-state index in [0.29, 0.717) is 17.7 Å². The van der Waals surface area contributed by atoms with Crippen LogP contribution in [0, 0.1) is 17.8 Å². The molecule has 1 aliphatic heterocycles. The van der Waals surface area contributed by atoms with Crippen molar-refractivity contribution in [1.29, 1.82) is 0 Å². The summed E-state index contributed by atoms with van der Waals surface area (Å²) in [5.74, 6) is 1.57. The van der Waals surface area contributed by atoms with E-state index in [4.69, 9.17) is 0 Å². The maximum absolute atomic E-state index is 12.5. The third-order valence-electron chi connectivity index (χ3n) is 4.07. The van der Waals surface area contributed by atoms with Gasteiger partial charge in [-0.05, 0) is 44.2 Å². The van der Waals surface area contributed by atoms with Gasteiger partial charge in [-0.2, -0.15) is 0 Å². The largest absolute Gasteiger partial charge is 0.342 e. The van der Waals surface area contributed by atoms with E-state index in [1.54, 1.807) is 0 Å². The summed E-state index contributed by atoms with van der Waals surface area (Å²) in [6.07, 6.45) is 3.56. The standard InChI is InChI=1S/C15H30N2O/c1-5-9-17(15(18)13(4)12(2)3)11-14-7-6-8-16-10-14/h12-14,16H,5-11H2,1-4H3. The maximum atomic E-state index is 12.5. The highest BCUT2D eigenvalue weighted by molar-refractivity contribution is 5.78. The van der Waals surface area contributed by atoms with E-state index in [-0.39, 0.29) is 5.92 Å². The zero-order valence-electron chi connectivity index (χ0n) is 12.5. The van der Waals surface area contributed by atoms with Crippen molar-refractivity contribution >= 4 is 5.91 Å².